The summed E-state index contributed by atoms with van der Waals surface area (Å²) in [6.07, 6.45) is 0. The van der Waals surface area contributed by atoms with Gasteiger partial charge in [-0.2, -0.15) is 5.10 Å². The summed E-state index contributed by atoms with van der Waals surface area (Å²) < 4.78 is 1.96. The number of aryl methyl sites for hydroxylation is 1. The van der Waals surface area contributed by atoms with Crippen LogP contribution in [0, 0.1) is 6.92 Å². The summed E-state index contributed by atoms with van der Waals surface area (Å²) in [7, 11) is 0. The molecule has 30 heavy (non-hydrogen) atoms. The molecule has 0 atom stereocenters. The number of hydrogen-bond donors (Lipinski definition) is 0. The lowest BCUT2D eigenvalue weighted by molar-refractivity contribution is 0.563. The molecule has 2 heterocycles. The van der Waals surface area contributed by atoms with Crippen LogP contribution in [0.1, 0.15) is 37.7 Å². The molecule has 0 spiro atoms. The number of aromatic nitrogens is 3. The van der Waals surface area contributed by atoms with Gasteiger partial charge in [0.25, 0.3) is 0 Å². The van der Waals surface area contributed by atoms with Crippen molar-refractivity contribution in [2.75, 3.05) is 0 Å². The van der Waals surface area contributed by atoms with Gasteiger partial charge < -0.3 is 0 Å². The van der Waals surface area contributed by atoms with E-state index in [0.717, 1.165) is 44.5 Å². The Morgan fingerprint density at radius 2 is 1.73 bits per heavy atom. The van der Waals surface area contributed by atoms with Crippen LogP contribution >= 0.6 is 35.0 Å². The molecule has 0 bridgehead atoms. The molecule has 2 aromatic carbocycles. The van der Waals surface area contributed by atoms with Gasteiger partial charge in [0.15, 0.2) is 5.65 Å². The summed E-state index contributed by atoms with van der Waals surface area (Å²) in [4.78, 5) is 5.03. The van der Waals surface area contributed by atoms with Crippen molar-refractivity contribution in [3.05, 3.63) is 81.6 Å². The molecule has 0 N–H and O–H groups in total. The Morgan fingerprint density at radius 3 is 2.40 bits per heavy atom. The lowest BCUT2D eigenvalue weighted by Crippen LogP contribution is -2.15. The minimum Gasteiger partial charge on any atom is -0.232 e. The monoisotopic (exact) mass is 455 g/mol. The van der Waals surface area contributed by atoms with Gasteiger partial charge in [-0.1, -0.05) is 80.4 Å². The highest BCUT2D eigenvalue weighted by Gasteiger charge is 2.22. The van der Waals surface area contributed by atoms with E-state index in [4.69, 9.17) is 33.3 Å². The van der Waals surface area contributed by atoms with E-state index in [1.165, 1.54) is 0 Å². The van der Waals surface area contributed by atoms with E-state index in [-0.39, 0.29) is 5.41 Å². The van der Waals surface area contributed by atoms with Gasteiger partial charge >= 0.3 is 0 Å². The van der Waals surface area contributed by atoms with Gasteiger partial charge in [0.1, 0.15) is 5.03 Å². The maximum atomic E-state index is 6.39. The average molecular weight is 456 g/mol. The fraction of sp³-hybridized carbons (Fsp3) is 0.250. The molecular weight excluding hydrogens is 433 g/mol. The standard InChI is InChI=1S/C24H23Cl2N3S/c1-15-22(16-8-6-5-7-9-16)23-27-20(24(2,3)4)13-21(29(23)28-15)30-14-17-10-11-18(25)12-19(17)26/h5-13H,14H2,1-4H3. The second-order valence-corrected chi connectivity index (χ2v) is 10.2. The zero-order valence-corrected chi connectivity index (χ0v) is 19.7. The number of halogens is 2. The van der Waals surface area contributed by atoms with E-state index in [1.54, 1.807) is 17.8 Å². The maximum Gasteiger partial charge on any atom is 0.164 e. The fourth-order valence-corrected chi connectivity index (χ4v) is 4.87. The van der Waals surface area contributed by atoms with Crippen LogP contribution in [0.15, 0.2) is 59.6 Å². The highest BCUT2D eigenvalue weighted by Crippen LogP contribution is 2.35. The molecule has 0 saturated heterocycles. The van der Waals surface area contributed by atoms with Crippen molar-refractivity contribution >= 4 is 40.6 Å². The molecule has 0 aliphatic rings. The topological polar surface area (TPSA) is 30.2 Å². The van der Waals surface area contributed by atoms with Crippen LogP contribution in [0.25, 0.3) is 16.8 Å². The molecule has 3 nitrogen and oxygen atoms in total. The van der Waals surface area contributed by atoms with Crippen molar-refractivity contribution in [3.63, 3.8) is 0 Å². The minimum absolute atomic E-state index is 0.0822. The van der Waals surface area contributed by atoms with Crippen LogP contribution in [0.5, 0.6) is 0 Å². The van der Waals surface area contributed by atoms with Gasteiger partial charge in [0, 0.05) is 26.8 Å². The second-order valence-electron chi connectivity index (χ2n) is 8.32. The summed E-state index contributed by atoms with van der Waals surface area (Å²) in [5, 5.41) is 7.21. The van der Waals surface area contributed by atoms with Gasteiger partial charge in [-0.05, 0) is 36.2 Å². The van der Waals surface area contributed by atoms with Crippen molar-refractivity contribution < 1.29 is 0 Å². The van der Waals surface area contributed by atoms with Crippen LogP contribution in [-0.4, -0.2) is 14.6 Å². The molecule has 6 heteroatoms. The van der Waals surface area contributed by atoms with Crippen molar-refractivity contribution in [2.45, 2.75) is 43.9 Å². The Hall–Kier alpha value is -2.01. The summed E-state index contributed by atoms with van der Waals surface area (Å²) in [6.45, 7) is 8.59. The van der Waals surface area contributed by atoms with Crippen molar-refractivity contribution in [3.8, 4) is 11.1 Å². The highest BCUT2D eigenvalue weighted by molar-refractivity contribution is 7.98. The number of fused-ring (bicyclic) bond motifs is 1. The number of nitrogens with zero attached hydrogens (tertiary/aromatic N) is 3. The van der Waals surface area contributed by atoms with Crippen molar-refractivity contribution in [2.24, 2.45) is 0 Å². The first kappa shape index (κ1) is 21.2. The molecule has 0 unspecified atom stereocenters. The second kappa shape index (κ2) is 8.26. The molecule has 0 saturated carbocycles. The first-order chi connectivity index (χ1) is 14.2. The first-order valence-corrected chi connectivity index (χ1v) is 11.5. The third kappa shape index (κ3) is 4.22. The summed E-state index contributed by atoms with van der Waals surface area (Å²) >= 11 is 14.1. The maximum absolute atomic E-state index is 6.39. The molecule has 0 radical (unpaired) electrons. The average Bonchev–Trinajstić information content (AvgIpc) is 3.03. The Bertz CT molecular complexity index is 1210. The molecule has 0 fully saturated rings. The van der Waals surface area contributed by atoms with Gasteiger partial charge in [-0.25, -0.2) is 9.50 Å². The molecule has 2 aromatic heterocycles. The summed E-state index contributed by atoms with van der Waals surface area (Å²) in [5.74, 6) is 0.721. The van der Waals surface area contributed by atoms with E-state index in [0.29, 0.717) is 10.0 Å². The largest absolute Gasteiger partial charge is 0.232 e. The molecule has 0 aliphatic carbocycles. The number of thioether (sulfide) groups is 1. The van der Waals surface area contributed by atoms with E-state index in [9.17, 15) is 0 Å². The van der Waals surface area contributed by atoms with E-state index < -0.39 is 0 Å². The fourth-order valence-electron chi connectivity index (χ4n) is 3.32. The van der Waals surface area contributed by atoms with Gasteiger partial charge in [-0.15, -0.1) is 11.8 Å². The SMILES string of the molecule is Cc1nn2c(SCc3ccc(Cl)cc3Cl)cc(C(C)(C)C)nc2c1-c1ccccc1. The lowest BCUT2D eigenvalue weighted by Gasteiger charge is -2.19. The van der Waals surface area contributed by atoms with E-state index >= 15 is 0 Å². The van der Waals surface area contributed by atoms with Crippen molar-refractivity contribution in [1.82, 2.24) is 14.6 Å². The van der Waals surface area contributed by atoms with Crippen LogP contribution < -0.4 is 0 Å². The molecule has 0 aliphatic heterocycles. The normalized spacial score (nSPS) is 11.9. The Kier molecular flexibility index (Phi) is 5.84. The smallest absolute Gasteiger partial charge is 0.164 e. The molecule has 154 valence electrons. The van der Waals surface area contributed by atoms with Crippen LogP contribution in [-0.2, 0) is 11.2 Å². The van der Waals surface area contributed by atoms with E-state index in [2.05, 4.69) is 39.0 Å². The van der Waals surface area contributed by atoms with Gasteiger partial charge in [-0.3, -0.25) is 0 Å². The predicted octanol–water partition coefficient (Wildman–Crippen LogP) is 7.60. The minimum atomic E-state index is -0.0822. The zero-order valence-electron chi connectivity index (χ0n) is 17.4. The molecular formula is C24H23Cl2N3S. The highest BCUT2D eigenvalue weighted by atomic mass is 35.5. The third-order valence-corrected chi connectivity index (χ3v) is 6.58. The van der Waals surface area contributed by atoms with Crippen LogP contribution in [0.2, 0.25) is 10.0 Å². The quantitative estimate of drug-likeness (QED) is 0.234. The van der Waals surface area contributed by atoms with Crippen LogP contribution in [0.4, 0.5) is 0 Å². The predicted molar refractivity (Wildman–Crippen MR) is 128 cm³/mol. The molecule has 4 rings (SSSR count). The number of rotatable bonds is 4. The lowest BCUT2D eigenvalue weighted by atomic mass is 9.92. The summed E-state index contributed by atoms with van der Waals surface area (Å²) in [5.41, 5.74) is 6.05. The van der Waals surface area contributed by atoms with E-state index in [1.807, 2.05) is 41.8 Å². The number of benzene rings is 2. The third-order valence-electron chi connectivity index (χ3n) is 4.95. The van der Waals surface area contributed by atoms with Gasteiger partial charge in [0.05, 0.1) is 11.4 Å². The number of hydrogen-bond acceptors (Lipinski definition) is 3. The van der Waals surface area contributed by atoms with Gasteiger partial charge in [0.2, 0.25) is 0 Å². The van der Waals surface area contributed by atoms with Crippen LogP contribution in [0.3, 0.4) is 0 Å². The molecule has 0 amide bonds. The molecule has 4 aromatic rings. The first-order valence-electron chi connectivity index (χ1n) is 9.77. The zero-order chi connectivity index (χ0) is 21.5. The summed E-state index contributed by atoms with van der Waals surface area (Å²) in [6, 6.07) is 18.1. The van der Waals surface area contributed by atoms with Crippen molar-refractivity contribution in [1.29, 1.82) is 0 Å². The Labute approximate surface area is 191 Å². The Morgan fingerprint density at radius 1 is 1.00 bits per heavy atom. The Balaban J connectivity index is 1.84.